The molecule has 3 rings (SSSR count). The third-order valence-electron chi connectivity index (χ3n) is 5.08. The number of amides is 1. The van der Waals surface area contributed by atoms with Crippen LogP contribution >= 0.6 is 0 Å². The van der Waals surface area contributed by atoms with Crippen LogP contribution in [0, 0.1) is 0 Å². The van der Waals surface area contributed by atoms with Crippen molar-refractivity contribution >= 4 is 22.6 Å². The molecular weight excluding hydrogens is 332 g/mol. The lowest BCUT2D eigenvalue weighted by Gasteiger charge is -2.21. The number of rotatable bonds is 5. The summed E-state index contributed by atoms with van der Waals surface area (Å²) < 4.78 is 6.19. The standard InChI is InChI=1S/C20H24N2O4/c1-3-17(18(23)21-15-6-4-5-7-15)22-11-10-13-8-9-14(20(25)26-2)12-16(13)19(22)24/h8-12,15,17H,3-7H2,1-2H3,(H,21,23)/t17-/m0/s1. The average molecular weight is 356 g/mol. The van der Waals surface area contributed by atoms with Crippen molar-refractivity contribution in [2.45, 2.75) is 51.1 Å². The van der Waals surface area contributed by atoms with Crippen molar-refractivity contribution in [3.05, 3.63) is 46.4 Å². The van der Waals surface area contributed by atoms with Gasteiger partial charge in [0.1, 0.15) is 6.04 Å². The zero-order chi connectivity index (χ0) is 18.7. The van der Waals surface area contributed by atoms with Crippen molar-refractivity contribution in [1.82, 2.24) is 9.88 Å². The fourth-order valence-corrected chi connectivity index (χ4v) is 3.62. The summed E-state index contributed by atoms with van der Waals surface area (Å²) in [5.41, 5.74) is 0.0416. The molecule has 0 unspecified atom stereocenters. The molecule has 1 N–H and O–H groups in total. The molecule has 6 nitrogen and oxygen atoms in total. The first kappa shape index (κ1) is 18.2. The Hall–Kier alpha value is -2.63. The molecule has 0 radical (unpaired) electrons. The van der Waals surface area contributed by atoms with Crippen molar-refractivity contribution in [2.24, 2.45) is 0 Å². The van der Waals surface area contributed by atoms with Gasteiger partial charge in [-0.25, -0.2) is 4.79 Å². The molecule has 6 heteroatoms. The highest BCUT2D eigenvalue weighted by molar-refractivity contribution is 5.95. The van der Waals surface area contributed by atoms with Gasteiger partial charge in [-0.1, -0.05) is 25.8 Å². The zero-order valence-electron chi connectivity index (χ0n) is 15.2. The maximum absolute atomic E-state index is 13.0. The minimum absolute atomic E-state index is 0.120. The molecule has 0 spiro atoms. The van der Waals surface area contributed by atoms with E-state index >= 15 is 0 Å². The zero-order valence-corrected chi connectivity index (χ0v) is 15.2. The van der Waals surface area contributed by atoms with Crippen LogP contribution in [0.5, 0.6) is 0 Å². The predicted octanol–water partition coefficient (Wildman–Crippen LogP) is 2.80. The second-order valence-corrected chi connectivity index (χ2v) is 6.74. The van der Waals surface area contributed by atoms with Crippen molar-refractivity contribution < 1.29 is 14.3 Å². The Balaban J connectivity index is 1.96. The number of nitrogens with zero attached hydrogens (tertiary/aromatic N) is 1. The van der Waals surface area contributed by atoms with Crippen molar-refractivity contribution in [2.75, 3.05) is 7.11 Å². The summed E-state index contributed by atoms with van der Waals surface area (Å²) in [4.78, 5) is 37.4. The first-order valence-corrected chi connectivity index (χ1v) is 9.08. The van der Waals surface area contributed by atoms with Gasteiger partial charge < -0.3 is 14.6 Å². The van der Waals surface area contributed by atoms with E-state index in [1.807, 2.05) is 6.92 Å². The second-order valence-electron chi connectivity index (χ2n) is 6.74. The third kappa shape index (κ3) is 3.49. The molecule has 0 bridgehead atoms. The summed E-state index contributed by atoms with van der Waals surface area (Å²) in [5.74, 6) is -0.613. The van der Waals surface area contributed by atoms with Crippen molar-refractivity contribution in [1.29, 1.82) is 0 Å². The van der Waals surface area contributed by atoms with E-state index in [0.29, 0.717) is 17.4 Å². The van der Waals surface area contributed by atoms with E-state index in [1.165, 1.54) is 17.7 Å². The van der Waals surface area contributed by atoms with Crippen LogP contribution in [0.25, 0.3) is 10.8 Å². The first-order valence-electron chi connectivity index (χ1n) is 9.08. The van der Waals surface area contributed by atoms with Crippen LogP contribution in [0.3, 0.4) is 0 Å². The van der Waals surface area contributed by atoms with Gasteiger partial charge in [0.05, 0.1) is 12.7 Å². The summed E-state index contributed by atoms with van der Waals surface area (Å²) in [6, 6.07) is 6.31. The maximum Gasteiger partial charge on any atom is 0.337 e. The normalized spacial score (nSPS) is 15.8. The van der Waals surface area contributed by atoms with E-state index in [1.54, 1.807) is 24.4 Å². The summed E-state index contributed by atoms with van der Waals surface area (Å²) in [5, 5.41) is 4.20. The molecule has 26 heavy (non-hydrogen) atoms. The number of esters is 1. The quantitative estimate of drug-likeness (QED) is 0.836. The number of nitrogens with one attached hydrogen (secondary N) is 1. The van der Waals surface area contributed by atoms with Gasteiger partial charge in [0.15, 0.2) is 0 Å². The van der Waals surface area contributed by atoms with Crippen LogP contribution in [-0.2, 0) is 9.53 Å². The molecule has 138 valence electrons. The molecule has 1 aliphatic rings. The van der Waals surface area contributed by atoms with Gasteiger partial charge in [-0.3, -0.25) is 9.59 Å². The highest BCUT2D eigenvalue weighted by atomic mass is 16.5. The van der Waals surface area contributed by atoms with Gasteiger partial charge in [0, 0.05) is 17.6 Å². The van der Waals surface area contributed by atoms with Crippen LogP contribution in [0.2, 0.25) is 0 Å². The Morgan fingerprint density at radius 2 is 2.00 bits per heavy atom. The number of benzene rings is 1. The Labute approximate surface area is 152 Å². The average Bonchev–Trinajstić information content (AvgIpc) is 3.16. The number of hydrogen-bond acceptors (Lipinski definition) is 4. The second kappa shape index (κ2) is 7.72. The highest BCUT2D eigenvalue weighted by Crippen LogP contribution is 2.20. The maximum atomic E-state index is 13.0. The number of fused-ring (bicyclic) bond motifs is 1. The topological polar surface area (TPSA) is 77.4 Å². The summed E-state index contributed by atoms with van der Waals surface area (Å²) in [6.45, 7) is 1.89. The van der Waals surface area contributed by atoms with E-state index in [-0.39, 0.29) is 17.5 Å². The fourth-order valence-electron chi connectivity index (χ4n) is 3.62. The van der Waals surface area contributed by atoms with E-state index < -0.39 is 12.0 Å². The molecule has 1 aromatic heterocycles. The lowest BCUT2D eigenvalue weighted by Crippen LogP contribution is -2.41. The molecule has 1 saturated carbocycles. The van der Waals surface area contributed by atoms with Gasteiger partial charge in [-0.05, 0) is 42.8 Å². The van der Waals surface area contributed by atoms with E-state index in [4.69, 9.17) is 4.74 Å². The van der Waals surface area contributed by atoms with Crippen LogP contribution < -0.4 is 10.9 Å². The monoisotopic (exact) mass is 356 g/mol. The molecule has 1 amide bonds. The number of aromatic nitrogens is 1. The van der Waals surface area contributed by atoms with Crippen LogP contribution in [-0.4, -0.2) is 29.6 Å². The van der Waals surface area contributed by atoms with E-state index in [2.05, 4.69) is 5.32 Å². The smallest absolute Gasteiger partial charge is 0.337 e. The van der Waals surface area contributed by atoms with Crippen LogP contribution in [0.15, 0.2) is 35.3 Å². The molecule has 2 aromatic rings. The lowest BCUT2D eigenvalue weighted by atomic mass is 10.1. The Kier molecular flexibility index (Phi) is 5.40. The molecule has 1 fully saturated rings. The molecular formula is C20H24N2O4. The summed E-state index contributed by atoms with van der Waals surface area (Å²) >= 11 is 0. The minimum Gasteiger partial charge on any atom is -0.465 e. The third-order valence-corrected chi connectivity index (χ3v) is 5.08. The molecule has 1 atom stereocenters. The number of hydrogen-bond donors (Lipinski definition) is 1. The number of ether oxygens (including phenoxy) is 1. The van der Waals surface area contributed by atoms with Crippen molar-refractivity contribution in [3.8, 4) is 0 Å². The highest BCUT2D eigenvalue weighted by Gasteiger charge is 2.24. The van der Waals surface area contributed by atoms with Crippen LogP contribution in [0.1, 0.15) is 55.4 Å². The minimum atomic E-state index is -0.561. The Morgan fingerprint density at radius 3 is 2.65 bits per heavy atom. The van der Waals surface area contributed by atoms with Gasteiger partial charge >= 0.3 is 5.97 Å². The molecule has 1 aromatic carbocycles. The first-order chi connectivity index (χ1) is 12.5. The van der Waals surface area contributed by atoms with E-state index in [9.17, 15) is 14.4 Å². The fraction of sp³-hybridized carbons (Fsp3) is 0.450. The van der Waals surface area contributed by atoms with Gasteiger partial charge in [-0.15, -0.1) is 0 Å². The van der Waals surface area contributed by atoms with E-state index in [0.717, 1.165) is 31.1 Å². The Morgan fingerprint density at radius 1 is 1.27 bits per heavy atom. The number of methoxy groups -OCH3 is 1. The number of carbonyl (C=O) groups is 2. The molecule has 0 saturated heterocycles. The van der Waals surface area contributed by atoms with Crippen molar-refractivity contribution in [3.63, 3.8) is 0 Å². The largest absolute Gasteiger partial charge is 0.465 e. The van der Waals surface area contributed by atoms with Gasteiger partial charge in [0.25, 0.3) is 5.56 Å². The predicted molar refractivity (Wildman–Crippen MR) is 99.3 cm³/mol. The van der Waals surface area contributed by atoms with Crippen LogP contribution in [0.4, 0.5) is 0 Å². The molecule has 1 aliphatic carbocycles. The summed E-state index contributed by atoms with van der Waals surface area (Å²) in [6.07, 6.45) is 6.43. The van der Waals surface area contributed by atoms with Gasteiger partial charge in [0.2, 0.25) is 5.91 Å². The summed E-state index contributed by atoms with van der Waals surface area (Å²) in [7, 11) is 1.30. The Bertz CT molecular complexity index is 881. The molecule has 1 heterocycles. The van der Waals surface area contributed by atoms with Gasteiger partial charge in [-0.2, -0.15) is 0 Å². The lowest BCUT2D eigenvalue weighted by molar-refractivity contribution is -0.125. The number of carbonyl (C=O) groups excluding carboxylic acids is 2. The SMILES string of the molecule is CC[C@@H](C(=O)NC1CCCC1)n1ccc2ccc(C(=O)OC)cc2c1=O. The number of pyridine rings is 1. The molecule has 0 aliphatic heterocycles.